The van der Waals surface area contributed by atoms with Crippen molar-refractivity contribution >= 4 is 11.4 Å². The highest BCUT2D eigenvalue weighted by atomic mass is 16.5. The molecular weight excluding hydrogens is 252 g/mol. The summed E-state index contributed by atoms with van der Waals surface area (Å²) in [6.45, 7) is 2.12. The van der Waals surface area contributed by atoms with E-state index in [4.69, 9.17) is 4.74 Å². The van der Waals surface area contributed by atoms with Gasteiger partial charge in [0.2, 0.25) is 5.88 Å². The van der Waals surface area contributed by atoms with E-state index in [2.05, 4.69) is 27.1 Å². The number of pyridine rings is 1. The molecule has 0 spiro atoms. The van der Waals surface area contributed by atoms with E-state index in [-0.39, 0.29) is 0 Å². The van der Waals surface area contributed by atoms with Crippen LogP contribution in [0.15, 0.2) is 12.3 Å². The van der Waals surface area contributed by atoms with Crippen LogP contribution in [0.1, 0.15) is 19.3 Å². The number of piperidine rings is 1. The van der Waals surface area contributed by atoms with Gasteiger partial charge in [0, 0.05) is 32.9 Å². The Morgan fingerprint density at radius 1 is 1.45 bits per heavy atom. The molecule has 1 N–H and O–H groups in total. The molecule has 2 rings (SSSR count). The molecule has 20 heavy (non-hydrogen) atoms. The van der Waals surface area contributed by atoms with Crippen LogP contribution >= 0.6 is 0 Å². The molecule has 1 unspecified atom stereocenters. The second-order valence-corrected chi connectivity index (χ2v) is 5.62. The smallest absolute Gasteiger partial charge is 0.239 e. The standard InChI is InChI=1S/C15H26N4O/c1-18(2)13-8-9-16-15(20-4)14(13)17-11-12-7-5-6-10-19(12)3/h8-9,12,17H,5-7,10-11H2,1-4H3. The fraction of sp³-hybridized carbons (Fsp3) is 0.667. The molecule has 2 heterocycles. The fourth-order valence-electron chi connectivity index (χ4n) is 2.75. The van der Waals surface area contributed by atoms with Crippen LogP contribution in [0.25, 0.3) is 0 Å². The lowest BCUT2D eigenvalue weighted by Gasteiger charge is -2.33. The number of likely N-dealkylation sites (N-methyl/N-ethyl adjacent to an activating group) is 1. The highest BCUT2D eigenvalue weighted by molar-refractivity contribution is 5.74. The lowest BCUT2D eigenvalue weighted by molar-refractivity contribution is 0.194. The van der Waals surface area contributed by atoms with E-state index in [1.54, 1.807) is 13.3 Å². The predicted octanol–water partition coefficient (Wildman–Crippen LogP) is 2.05. The van der Waals surface area contributed by atoms with E-state index in [9.17, 15) is 0 Å². The number of aromatic nitrogens is 1. The molecular formula is C15H26N4O. The number of hydrogen-bond acceptors (Lipinski definition) is 5. The van der Waals surface area contributed by atoms with Crippen LogP contribution in [0.2, 0.25) is 0 Å². The number of likely N-dealkylation sites (tertiary alicyclic amines) is 1. The molecule has 0 saturated carbocycles. The van der Waals surface area contributed by atoms with Gasteiger partial charge in [-0.2, -0.15) is 0 Å². The minimum atomic E-state index is 0.587. The van der Waals surface area contributed by atoms with E-state index in [1.807, 2.05) is 20.2 Å². The first kappa shape index (κ1) is 14.9. The van der Waals surface area contributed by atoms with Gasteiger partial charge in [0.1, 0.15) is 5.69 Å². The Balaban J connectivity index is 2.11. The number of nitrogens with zero attached hydrogens (tertiary/aromatic N) is 3. The summed E-state index contributed by atoms with van der Waals surface area (Å²) in [5.41, 5.74) is 2.09. The van der Waals surface area contributed by atoms with Crippen molar-refractivity contribution in [2.45, 2.75) is 25.3 Å². The van der Waals surface area contributed by atoms with Gasteiger partial charge in [0.15, 0.2) is 0 Å². The molecule has 0 radical (unpaired) electrons. The number of anilines is 2. The summed E-state index contributed by atoms with van der Waals surface area (Å²) >= 11 is 0. The van der Waals surface area contributed by atoms with E-state index < -0.39 is 0 Å². The van der Waals surface area contributed by atoms with Crippen molar-refractivity contribution < 1.29 is 4.74 Å². The predicted molar refractivity (Wildman–Crippen MR) is 83.9 cm³/mol. The van der Waals surface area contributed by atoms with Crippen molar-refractivity contribution in [1.29, 1.82) is 0 Å². The summed E-state index contributed by atoms with van der Waals surface area (Å²) in [5, 5.41) is 3.54. The fourth-order valence-corrected chi connectivity index (χ4v) is 2.75. The summed E-state index contributed by atoms with van der Waals surface area (Å²) < 4.78 is 5.39. The first-order chi connectivity index (χ1) is 9.63. The average Bonchev–Trinajstić information content (AvgIpc) is 2.46. The summed E-state index contributed by atoms with van der Waals surface area (Å²) in [7, 11) is 7.94. The Hall–Kier alpha value is -1.49. The molecule has 0 bridgehead atoms. The number of nitrogens with one attached hydrogen (secondary N) is 1. The highest BCUT2D eigenvalue weighted by Crippen LogP contribution is 2.32. The third-order valence-corrected chi connectivity index (χ3v) is 4.01. The maximum atomic E-state index is 5.39. The molecule has 5 heteroatoms. The number of ether oxygens (including phenoxy) is 1. The van der Waals surface area contributed by atoms with Crippen molar-refractivity contribution in [2.75, 3.05) is 51.6 Å². The normalized spacial score (nSPS) is 19.7. The molecule has 0 amide bonds. The third kappa shape index (κ3) is 3.33. The minimum Gasteiger partial charge on any atom is -0.479 e. The largest absolute Gasteiger partial charge is 0.479 e. The lowest BCUT2D eigenvalue weighted by atomic mass is 10.0. The van der Waals surface area contributed by atoms with E-state index in [1.165, 1.54) is 25.8 Å². The van der Waals surface area contributed by atoms with Crippen LogP contribution in [0.4, 0.5) is 11.4 Å². The Kier molecular flexibility index (Phi) is 5.06. The van der Waals surface area contributed by atoms with Crippen molar-refractivity contribution in [3.05, 3.63) is 12.3 Å². The van der Waals surface area contributed by atoms with Gasteiger partial charge in [-0.25, -0.2) is 4.98 Å². The van der Waals surface area contributed by atoms with Gasteiger partial charge in [-0.05, 0) is 32.5 Å². The molecule has 5 nitrogen and oxygen atoms in total. The van der Waals surface area contributed by atoms with E-state index in [0.29, 0.717) is 11.9 Å². The van der Waals surface area contributed by atoms with Gasteiger partial charge >= 0.3 is 0 Å². The average molecular weight is 278 g/mol. The van der Waals surface area contributed by atoms with Crippen LogP contribution in [-0.4, -0.2) is 57.3 Å². The number of hydrogen-bond donors (Lipinski definition) is 1. The summed E-state index contributed by atoms with van der Waals surface area (Å²) in [5.74, 6) is 0.662. The quantitative estimate of drug-likeness (QED) is 0.892. The molecule has 1 fully saturated rings. The zero-order valence-corrected chi connectivity index (χ0v) is 13.0. The van der Waals surface area contributed by atoms with Crippen molar-refractivity contribution in [3.63, 3.8) is 0 Å². The molecule has 1 atom stereocenters. The second-order valence-electron chi connectivity index (χ2n) is 5.62. The molecule has 1 aliphatic rings. The SMILES string of the molecule is COc1nccc(N(C)C)c1NCC1CCCCN1C. The van der Waals surface area contributed by atoms with Crippen molar-refractivity contribution in [1.82, 2.24) is 9.88 Å². The Morgan fingerprint density at radius 2 is 2.25 bits per heavy atom. The topological polar surface area (TPSA) is 40.6 Å². The van der Waals surface area contributed by atoms with Crippen LogP contribution in [0.3, 0.4) is 0 Å². The zero-order chi connectivity index (χ0) is 14.5. The minimum absolute atomic E-state index is 0.587. The summed E-state index contributed by atoms with van der Waals surface area (Å²) in [6, 6.07) is 2.60. The molecule has 1 aromatic rings. The van der Waals surface area contributed by atoms with Gasteiger partial charge in [0.25, 0.3) is 0 Å². The zero-order valence-electron chi connectivity index (χ0n) is 13.0. The van der Waals surface area contributed by atoms with Crippen LogP contribution in [0.5, 0.6) is 5.88 Å². The maximum Gasteiger partial charge on any atom is 0.239 e. The van der Waals surface area contributed by atoms with Crippen molar-refractivity contribution in [2.24, 2.45) is 0 Å². The van der Waals surface area contributed by atoms with Gasteiger partial charge in [-0.15, -0.1) is 0 Å². The summed E-state index contributed by atoms with van der Waals surface area (Å²) in [4.78, 5) is 8.82. The van der Waals surface area contributed by atoms with Gasteiger partial charge in [-0.1, -0.05) is 6.42 Å². The van der Waals surface area contributed by atoms with E-state index in [0.717, 1.165) is 17.9 Å². The molecule has 0 aromatic carbocycles. The first-order valence-electron chi connectivity index (χ1n) is 7.28. The van der Waals surface area contributed by atoms with Gasteiger partial charge < -0.3 is 19.9 Å². The first-order valence-corrected chi connectivity index (χ1v) is 7.28. The monoisotopic (exact) mass is 278 g/mol. The number of methoxy groups -OCH3 is 1. The van der Waals surface area contributed by atoms with Crippen molar-refractivity contribution in [3.8, 4) is 5.88 Å². The molecule has 1 aromatic heterocycles. The Bertz CT molecular complexity index is 436. The third-order valence-electron chi connectivity index (χ3n) is 4.01. The molecule has 0 aliphatic carbocycles. The van der Waals surface area contributed by atoms with Crippen LogP contribution < -0.4 is 15.0 Å². The maximum absolute atomic E-state index is 5.39. The number of rotatable bonds is 5. The highest BCUT2D eigenvalue weighted by Gasteiger charge is 2.20. The Morgan fingerprint density at radius 3 is 2.90 bits per heavy atom. The molecule has 1 saturated heterocycles. The lowest BCUT2D eigenvalue weighted by Crippen LogP contribution is -2.40. The van der Waals surface area contributed by atoms with Gasteiger partial charge in [-0.3, -0.25) is 0 Å². The van der Waals surface area contributed by atoms with Gasteiger partial charge in [0.05, 0.1) is 12.8 Å². The summed E-state index contributed by atoms with van der Waals surface area (Å²) in [6.07, 6.45) is 5.67. The second kappa shape index (κ2) is 6.79. The van der Waals surface area contributed by atoms with Crippen LogP contribution in [0, 0.1) is 0 Å². The Labute approximate surface area is 121 Å². The molecule has 112 valence electrons. The van der Waals surface area contributed by atoms with Crippen LogP contribution in [-0.2, 0) is 0 Å². The van der Waals surface area contributed by atoms with E-state index >= 15 is 0 Å². The molecule has 1 aliphatic heterocycles.